The second-order valence-electron chi connectivity index (χ2n) is 10.9. The van der Waals surface area contributed by atoms with Crippen molar-refractivity contribution in [3.63, 3.8) is 0 Å². The molecule has 1 aromatic heterocycles. The van der Waals surface area contributed by atoms with Crippen molar-refractivity contribution in [2.75, 3.05) is 19.5 Å². The fourth-order valence-electron chi connectivity index (χ4n) is 5.18. The average Bonchev–Trinajstić information content (AvgIpc) is 3.75. The normalized spacial score (nSPS) is 18.6. The highest BCUT2D eigenvalue weighted by atomic mass is 16.7. The predicted octanol–water partition coefficient (Wildman–Crippen LogP) is 5.76. The van der Waals surface area contributed by atoms with Crippen LogP contribution in [0.3, 0.4) is 0 Å². The van der Waals surface area contributed by atoms with E-state index in [0.29, 0.717) is 28.3 Å². The fraction of sp³-hybridized carbons (Fsp3) is 0.162. The number of nitrogens with zero attached hydrogens (tertiary/aromatic N) is 2. The van der Waals surface area contributed by atoms with Crippen LogP contribution >= 0.6 is 0 Å². The summed E-state index contributed by atoms with van der Waals surface area (Å²) in [4.78, 5) is 44.3. The van der Waals surface area contributed by atoms with E-state index in [-0.39, 0.29) is 23.5 Å². The highest BCUT2D eigenvalue weighted by Crippen LogP contribution is 2.40. The minimum atomic E-state index is -1.27. The molecule has 2 N–H and O–H groups in total. The van der Waals surface area contributed by atoms with E-state index in [2.05, 4.69) is 10.1 Å². The molecule has 0 amide bonds. The first-order valence-electron chi connectivity index (χ1n) is 15.2. The molecular weight excluding hydrogens is 630 g/mol. The summed E-state index contributed by atoms with van der Waals surface area (Å²) in [6.45, 7) is -0.351. The summed E-state index contributed by atoms with van der Waals surface area (Å²) in [6, 6.07) is 30.0. The molecule has 12 nitrogen and oxygen atoms in total. The van der Waals surface area contributed by atoms with Gasteiger partial charge >= 0.3 is 17.9 Å². The van der Waals surface area contributed by atoms with Crippen LogP contribution in [-0.2, 0) is 18.9 Å². The topological polar surface area (TPSA) is 162 Å². The molecule has 4 atom stereocenters. The summed E-state index contributed by atoms with van der Waals surface area (Å²) < 4.78 is 34.8. The zero-order valence-corrected chi connectivity index (χ0v) is 26.2. The minimum absolute atomic E-state index is 0.124. The maximum absolute atomic E-state index is 13.5. The Morgan fingerprint density at radius 1 is 0.796 bits per heavy atom. The number of esters is 3. The van der Waals surface area contributed by atoms with Crippen LogP contribution < -0.4 is 10.5 Å². The Morgan fingerprint density at radius 2 is 1.37 bits per heavy atom. The molecule has 2 heterocycles. The van der Waals surface area contributed by atoms with Crippen molar-refractivity contribution < 1.29 is 42.6 Å². The van der Waals surface area contributed by atoms with Crippen LogP contribution in [0.2, 0.25) is 0 Å². The number of carbonyl (C=O) groups excluding carboxylic acids is 3. The Balaban J connectivity index is 1.35. The molecule has 0 radical (unpaired) electrons. The number of hydrogen-bond acceptors (Lipinski definition) is 12. The van der Waals surface area contributed by atoms with E-state index in [1.165, 1.54) is 19.5 Å². The molecule has 1 saturated heterocycles. The zero-order chi connectivity index (χ0) is 34.2. The van der Waals surface area contributed by atoms with Crippen molar-refractivity contribution in [2.24, 2.45) is 4.99 Å². The monoisotopic (exact) mass is 661 g/mol. The van der Waals surface area contributed by atoms with Crippen molar-refractivity contribution in [2.45, 2.75) is 24.4 Å². The number of hydrogen-bond donors (Lipinski definition) is 1. The van der Waals surface area contributed by atoms with Gasteiger partial charge in [-0.25, -0.2) is 14.4 Å². The Bertz CT molecular complexity index is 1930. The molecule has 1 aliphatic heterocycles. The van der Waals surface area contributed by atoms with Crippen LogP contribution in [0.5, 0.6) is 5.75 Å². The number of benzene rings is 4. The number of aliphatic imine (C=N–C) groups is 1. The lowest BCUT2D eigenvalue weighted by atomic mass is 10.0. The maximum atomic E-state index is 13.5. The third kappa shape index (κ3) is 7.66. The molecule has 0 aliphatic carbocycles. The zero-order valence-electron chi connectivity index (χ0n) is 26.2. The van der Waals surface area contributed by atoms with Crippen molar-refractivity contribution in [1.29, 1.82) is 0 Å². The molecule has 1 fully saturated rings. The van der Waals surface area contributed by atoms with Crippen molar-refractivity contribution in [3.8, 4) is 5.75 Å². The van der Waals surface area contributed by atoms with Crippen LogP contribution in [0.15, 0.2) is 125 Å². The quantitative estimate of drug-likeness (QED) is 0.0792. The molecule has 4 aromatic carbocycles. The average molecular weight is 662 g/mol. The van der Waals surface area contributed by atoms with Gasteiger partial charge in [0.05, 0.1) is 46.9 Å². The Hall–Kier alpha value is -6.27. The van der Waals surface area contributed by atoms with Gasteiger partial charge in [-0.05, 0) is 48.5 Å². The summed E-state index contributed by atoms with van der Waals surface area (Å²) >= 11 is 0. The summed E-state index contributed by atoms with van der Waals surface area (Å²) in [5.41, 5.74) is 8.17. The Morgan fingerprint density at radius 3 is 1.94 bits per heavy atom. The van der Waals surface area contributed by atoms with Gasteiger partial charge in [0.1, 0.15) is 18.5 Å². The lowest BCUT2D eigenvalue weighted by molar-refractivity contribution is -0.0467. The molecule has 1 aliphatic rings. The van der Waals surface area contributed by atoms with Crippen molar-refractivity contribution >= 4 is 35.5 Å². The molecule has 248 valence electrons. The molecule has 0 bridgehead atoms. The standard InChI is InChI=1S/C37H31N3O9/c1-44-27-17-18-29(28(38)19-27)39-20-26-21-40-49-31(26)33-34(48-37(43)25-15-9-4-10-16-25)32(47-36(42)24-13-7-3-8-14-24)30(46-33)22-45-35(41)23-11-5-2-6-12-23/h2-21,30,32-34H,22,38H2,1H3/t30-,32-,33+,34-/m1/s1. The number of methoxy groups -OCH3 is 1. The summed E-state index contributed by atoms with van der Waals surface area (Å²) in [7, 11) is 1.53. The van der Waals surface area contributed by atoms with Gasteiger partial charge in [0.15, 0.2) is 24.1 Å². The third-order valence-corrected chi connectivity index (χ3v) is 7.67. The number of carbonyl (C=O) groups is 3. The smallest absolute Gasteiger partial charge is 0.338 e. The van der Waals surface area contributed by atoms with Crippen LogP contribution in [-0.4, -0.2) is 61.3 Å². The first-order valence-corrected chi connectivity index (χ1v) is 15.2. The van der Waals surface area contributed by atoms with E-state index < -0.39 is 42.3 Å². The number of aromatic nitrogens is 1. The molecule has 0 unspecified atom stereocenters. The van der Waals surface area contributed by atoms with Crippen LogP contribution in [0.4, 0.5) is 11.4 Å². The van der Waals surface area contributed by atoms with E-state index in [1.54, 1.807) is 109 Å². The second-order valence-corrected chi connectivity index (χ2v) is 10.9. The number of nitrogen functional groups attached to an aromatic ring is 1. The van der Waals surface area contributed by atoms with Crippen molar-refractivity contribution in [3.05, 3.63) is 143 Å². The molecule has 0 spiro atoms. The third-order valence-electron chi connectivity index (χ3n) is 7.67. The van der Waals surface area contributed by atoms with E-state index in [4.69, 9.17) is 33.9 Å². The van der Waals surface area contributed by atoms with Crippen molar-refractivity contribution in [1.82, 2.24) is 5.16 Å². The van der Waals surface area contributed by atoms with E-state index >= 15 is 0 Å². The van der Waals surface area contributed by atoms with Gasteiger partial charge in [0, 0.05) is 12.3 Å². The number of anilines is 1. The van der Waals surface area contributed by atoms with Gasteiger partial charge in [-0.3, -0.25) is 4.99 Å². The maximum Gasteiger partial charge on any atom is 0.338 e. The van der Waals surface area contributed by atoms with Gasteiger partial charge in [0.2, 0.25) is 0 Å². The van der Waals surface area contributed by atoms with E-state index in [0.717, 1.165) is 0 Å². The lowest BCUT2D eigenvalue weighted by Crippen LogP contribution is -2.40. The highest BCUT2D eigenvalue weighted by molar-refractivity contribution is 5.91. The largest absolute Gasteiger partial charge is 0.497 e. The number of ether oxygens (including phenoxy) is 5. The van der Waals surface area contributed by atoms with Gasteiger partial charge in [0.25, 0.3) is 0 Å². The molecule has 5 aromatic rings. The number of rotatable bonds is 11. The lowest BCUT2D eigenvalue weighted by Gasteiger charge is -2.24. The van der Waals surface area contributed by atoms with E-state index in [9.17, 15) is 14.4 Å². The first kappa shape index (κ1) is 32.7. The molecule has 0 saturated carbocycles. The first-order chi connectivity index (χ1) is 23.9. The summed E-state index contributed by atoms with van der Waals surface area (Å²) in [6.07, 6.45) is -1.90. The molecule has 6 rings (SSSR count). The van der Waals surface area contributed by atoms with Gasteiger partial charge in [-0.2, -0.15) is 0 Å². The van der Waals surface area contributed by atoms with Gasteiger partial charge < -0.3 is 33.9 Å². The van der Waals surface area contributed by atoms with Gasteiger partial charge in [-0.15, -0.1) is 0 Å². The molecule has 12 heteroatoms. The SMILES string of the molecule is COc1ccc(N=Cc2cnoc2[C@@H]2O[C@H](COC(=O)c3ccccc3)[C@@H](OC(=O)c3ccccc3)[C@H]2OC(=O)c2ccccc2)c(N)c1. The molecule has 49 heavy (non-hydrogen) atoms. The second kappa shape index (κ2) is 15.1. The van der Waals surface area contributed by atoms with Crippen LogP contribution in [0, 0.1) is 0 Å². The minimum Gasteiger partial charge on any atom is -0.497 e. The van der Waals surface area contributed by atoms with Crippen LogP contribution in [0.1, 0.15) is 48.5 Å². The fourth-order valence-corrected chi connectivity index (χ4v) is 5.18. The predicted molar refractivity (Wildman–Crippen MR) is 177 cm³/mol. The molecular formula is C37H31N3O9. The van der Waals surface area contributed by atoms with Gasteiger partial charge in [-0.1, -0.05) is 59.8 Å². The Labute approximate surface area is 281 Å². The Kier molecular flexibility index (Phi) is 10.1. The number of nitrogens with two attached hydrogens (primary N) is 1. The highest BCUT2D eigenvalue weighted by Gasteiger charge is 2.53. The summed E-state index contributed by atoms with van der Waals surface area (Å²) in [5, 5.41) is 3.94. The summed E-state index contributed by atoms with van der Waals surface area (Å²) in [5.74, 6) is -1.34. The van der Waals surface area contributed by atoms with Crippen LogP contribution in [0.25, 0.3) is 0 Å². The van der Waals surface area contributed by atoms with E-state index in [1.807, 2.05) is 0 Å².